The molecule has 1 unspecified atom stereocenters. The van der Waals surface area contributed by atoms with Crippen LogP contribution in [-0.2, 0) is 38.9 Å². The molecule has 7 nitrogen and oxygen atoms in total. The summed E-state index contributed by atoms with van der Waals surface area (Å²) < 4.78 is 19.6. The predicted molar refractivity (Wildman–Crippen MR) is 72.3 cm³/mol. The lowest BCUT2D eigenvalue weighted by Gasteiger charge is -2.26. The minimum Gasteiger partial charge on any atom is -0.489 e. The fraction of sp³-hybridized carbons (Fsp3) is 0.267. The van der Waals surface area contributed by atoms with Crippen LogP contribution in [0.3, 0.4) is 0 Å². The summed E-state index contributed by atoms with van der Waals surface area (Å²) in [5.41, 5.74) is -2.14. The van der Waals surface area contributed by atoms with Gasteiger partial charge in [0.1, 0.15) is 5.57 Å². The van der Waals surface area contributed by atoms with E-state index in [0.717, 1.165) is 14.2 Å². The average Bonchev–Trinajstić information content (AvgIpc) is 2.87. The van der Waals surface area contributed by atoms with E-state index in [1.165, 1.54) is 19.2 Å². The van der Waals surface area contributed by atoms with Crippen LogP contribution in [-0.4, -0.2) is 39.2 Å². The number of methoxy groups -OCH3 is 3. The van der Waals surface area contributed by atoms with Crippen molar-refractivity contribution in [2.75, 3.05) is 21.3 Å². The quantitative estimate of drug-likeness (QED) is 0.597. The first-order chi connectivity index (χ1) is 10.5. The van der Waals surface area contributed by atoms with Gasteiger partial charge in [-0.1, -0.05) is 30.3 Å². The Balaban J connectivity index is 2.79. The molecule has 0 aromatic heterocycles. The Kier molecular flexibility index (Phi) is 4.16. The summed E-state index contributed by atoms with van der Waals surface area (Å²) in [6.07, 6.45) is 0. The van der Waals surface area contributed by atoms with Crippen molar-refractivity contribution in [1.82, 2.24) is 0 Å². The lowest BCUT2D eigenvalue weighted by atomic mass is 9.86. The van der Waals surface area contributed by atoms with Crippen LogP contribution in [0.2, 0.25) is 0 Å². The first-order valence-electron chi connectivity index (χ1n) is 6.27. The number of benzene rings is 1. The van der Waals surface area contributed by atoms with Crippen molar-refractivity contribution in [2.24, 2.45) is 0 Å². The maximum absolute atomic E-state index is 12.4. The van der Waals surface area contributed by atoms with Crippen LogP contribution in [0.15, 0.2) is 41.7 Å². The highest BCUT2D eigenvalue weighted by Gasteiger charge is 2.60. The second-order valence-corrected chi connectivity index (χ2v) is 4.33. The van der Waals surface area contributed by atoms with Gasteiger partial charge >= 0.3 is 17.9 Å². The van der Waals surface area contributed by atoms with Crippen molar-refractivity contribution in [3.8, 4) is 0 Å². The number of esters is 3. The molecule has 7 heteroatoms. The minimum atomic E-state index is -2.05. The van der Waals surface area contributed by atoms with E-state index >= 15 is 0 Å². The van der Waals surface area contributed by atoms with Crippen molar-refractivity contribution in [3.63, 3.8) is 0 Å². The summed E-state index contributed by atoms with van der Waals surface area (Å²) in [4.78, 5) is 36.5. The molecule has 0 bridgehead atoms. The predicted octanol–water partition coefficient (Wildman–Crippen LogP) is 0.685. The van der Waals surface area contributed by atoms with Gasteiger partial charge in [0.25, 0.3) is 5.60 Å². The van der Waals surface area contributed by atoms with Gasteiger partial charge in [-0.05, 0) is 0 Å². The molecule has 1 aliphatic heterocycles. The molecular formula is C15H14O7. The molecule has 0 amide bonds. The molecule has 0 fully saturated rings. The third-order valence-corrected chi connectivity index (χ3v) is 3.26. The zero-order valence-electron chi connectivity index (χ0n) is 12.2. The summed E-state index contributed by atoms with van der Waals surface area (Å²) >= 11 is 0. The van der Waals surface area contributed by atoms with Gasteiger partial charge in [-0.15, -0.1) is 0 Å². The number of carbonyl (C=O) groups is 3. The third kappa shape index (κ3) is 2.11. The number of hydrogen-bond acceptors (Lipinski definition) is 7. The number of ether oxygens (including phenoxy) is 4. The lowest BCUT2D eigenvalue weighted by Crippen LogP contribution is -2.42. The summed E-state index contributed by atoms with van der Waals surface area (Å²) in [5.74, 6) is -3.19. The molecule has 1 atom stereocenters. The molecule has 0 aliphatic carbocycles. The summed E-state index contributed by atoms with van der Waals surface area (Å²) in [6, 6.07) is 8.04. The minimum absolute atomic E-state index is 0.252. The molecule has 0 radical (unpaired) electrons. The zero-order chi connectivity index (χ0) is 16.3. The lowest BCUT2D eigenvalue weighted by molar-refractivity contribution is -0.173. The van der Waals surface area contributed by atoms with Crippen molar-refractivity contribution in [3.05, 3.63) is 47.2 Å². The molecular weight excluding hydrogens is 292 g/mol. The Morgan fingerprint density at radius 2 is 1.68 bits per heavy atom. The standard InChI is InChI=1S/C15H14O7/c1-19-11-10(12(16)20-2)15(14(18)21-3,22-13(11)17)9-7-5-4-6-8-9/h4-8H,1-3H3. The van der Waals surface area contributed by atoms with Crippen LogP contribution in [0.4, 0.5) is 0 Å². The van der Waals surface area contributed by atoms with E-state index in [-0.39, 0.29) is 16.9 Å². The van der Waals surface area contributed by atoms with Gasteiger partial charge < -0.3 is 18.9 Å². The summed E-state index contributed by atoms with van der Waals surface area (Å²) in [6.45, 7) is 0. The van der Waals surface area contributed by atoms with Crippen LogP contribution in [0.5, 0.6) is 0 Å². The van der Waals surface area contributed by atoms with Gasteiger partial charge in [0, 0.05) is 5.56 Å². The van der Waals surface area contributed by atoms with Gasteiger partial charge in [-0.3, -0.25) is 0 Å². The van der Waals surface area contributed by atoms with Gasteiger partial charge in [0.15, 0.2) is 0 Å². The maximum atomic E-state index is 12.4. The normalized spacial score (nSPS) is 20.4. The molecule has 1 heterocycles. The first-order valence-corrected chi connectivity index (χ1v) is 6.27. The highest BCUT2D eigenvalue weighted by atomic mass is 16.6. The Bertz CT molecular complexity index is 647. The second kappa shape index (κ2) is 5.88. The molecule has 1 aromatic carbocycles. The molecule has 0 N–H and O–H groups in total. The Labute approximate surface area is 126 Å². The Morgan fingerprint density at radius 1 is 1.05 bits per heavy atom. The monoisotopic (exact) mass is 306 g/mol. The number of carbonyl (C=O) groups excluding carboxylic acids is 3. The molecule has 2 rings (SSSR count). The number of cyclic esters (lactones) is 1. The fourth-order valence-corrected chi connectivity index (χ4v) is 2.30. The van der Waals surface area contributed by atoms with Crippen LogP contribution in [0, 0.1) is 0 Å². The molecule has 0 saturated heterocycles. The van der Waals surface area contributed by atoms with Crippen molar-refractivity contribution in [2.45, 2.75) is 5.60 Å². The molecule has 0 saturated carbocycles. The van der Waals surface area contributed by atoms with Crippen LogP contribution < -0.4 is 0 Å². The molecule has 0 spiro atoms. The zero-order valence-corrected chi connectivity index (χ0v) is 12.2. The highest BCUT2D eigenvalue weighted by molar-refractivity contribution is 6.11. The van der Waals surface area contributed by atoms with Gasteiger partial charge in [-0.25, -0.2) is 14.4 Å². The summed E-state index contributed by atoms with van der Waals surface area (Å²) in [7, 11) is 3.44. The molecule has 116 valence electrons. The summed E-state index contributed by atoms with van der Waals surface area (Å²) in [5, 5.41) is 0. The Morgan fingerprint density at radius 3 is 2.18 bits per heavy atom. The van der Waals surface area contributed by atoms with E-state index < -0.39 is 23.5 Å². The third-order valence-electron chi connectivity index (χ3n) is 3.26. The van der Waals surface area contributed by atoms with E-state index in [1.807, 2.05) is 0 Å². The fourth-order valence-electron chi connectivity index (χ4n) is 2.30. The van der Waals surface area contributed by atoms with E-state index in [9.17, 15) is 14.4 Å². The molecule has 1 aromatic rings. The van der Waals surface area contributed by atoms with Gasteiger partial charge in [0.2, 0.25) is 5.76 Å². The maximum Gasteiger partial charge on any atom is 0.376 e. The highest BCUT2D eigenvalue weighted by Crippen LogP contribution is 2.43. The van der Waals surface area contributed by atoms with Crippen LogP contribution in [0.25, 0.3) is 0 Å². The van der Waals surface area contributed by atoms with E-state index in [4.69, 9.17) is 14.2 Å². The van der Waals surface area contributed by atoms with Crippen LogP contribution >= 0.6 is 0 Å². The van der Waals surface area contributed by atoms with Crippen LogP contribution in [0.1, 0.15) is 5.56 Å². The first kappa shape index (κ1) is 15.6. The van der Waals surface area contributed by atoms with Crippen molar-refractivity contribution < 1.29 is 33.3 Å². The number of hydrogen-bond donors (Lipinski definition) is 0. The smallest absolute Gasteiger partial charge is 0.376 e. The van der Waals surface area contributed by atoms with E-state index in [2.05, 4.69) is 4.74 Å². The largest absolute Gasteiger partial charge is 0.489 e. The van der Waals surface area contributed by atoms with Crippen molar-refractivity contribution >= 4 is 17.9 Å². The Hall–Kier alpha value is -2.83. The van der Waals surface area contributed by atoms with Crippen molar-refractivity contribution in [1.29, 1.82) is 0 Å². The van der Waals surface area contributed by atoms with E-state index in [1.54, 1.807) is 18.2 Å². The molecule has 1 aliphatic rings. The van der Waals surface area contributed by atoms with Gasteiger partial charge in [-0.2, -0.15) is 0 Å². The second-order valence-electron chi connectivity index (χ2n) is 4.33. The van der Waals surface area contributed by atoms with E-state index in [0.29, 0.717) is 0 Å². The average molecular weight is 306 g/mol. The SMILES string of the molecule is COC(=O)C1=C(OC)C(=O)OC1(C(=O)OC)c1ccccc1. The topological polar surface area (TPSA) is 88.1 Å². The molecule has 22 heavy (non-hydrogen) atoms. The van der Waals surface area contributed by atoms with Gasteiger partial charge in [0.05, 0.1) is 21.3 Å². The number of rotatable bonds is 4.